The van der Waals surface area contributed by atoms with Crippen LogP contribution >= 0.6 is 0 Å². The first-order valence-corrected chi connectivity index (χ1v) is 5.95. The molecule has 0 radical (unpaired) electrons. The number of hydrogen-bond donors (Lipinski definition) is 0. The molecule has 0 aromatic heterocycles. The Labute approximate surface area is 60.5 Å². The van der Waals surface area contributed by atoms with Gasteiger partial charge in [-0.3, -0.25) is 0 Å². The summed E-state index contributed by atoms with van der Waals surface area (Å²) >= 11 is -3.29. The van der Waals surface area contributed by atoms with Crippen LogP contribution in [0.25, 0.3) is 0 Å². The van der Waals surface area contributed by atoms with Gasteiger partial charge in [0.1, 0.15) is 0 Å². The second kappa shape index (κ2) is 4.40. The van der Waals surface area contributed by atoms with Crippen LogP contribution in [-0.2, 0) is 31.7 Å². The molecule has 0 saturated carbocycles. The first-order chi connectivity index (χ1) is 4.24. The van der Waals surface area contributed by atoms with Crippen LogP contribution in [0.1, 0.15) is 0 Å². The molecule has 0 unspecified atom stereocenters. The first kappa shape index (κ1) is 9.58. The van der Waals surface area contributed by atoms with E-state index in [1.807, 2.05) is 0 Å². The summed E-state index contributed by atoms with van der Waals surface area (Å²) in [6.45, 7) is 0. The molecule has 5 heteroatoms. The predicted molar refractivity (Wildman–Crippen MR) is 28.0 cm³/mol. The summed E-state index contributed by atoms with van der Waals surface area (Å²) in [6.07, 6.45) is 0. The molecule has 0 aliphatic heterocycles. The third kappa shape index (κ3) is 2.35. The molecule has 0 spiro atoms. The van der Waals surface area contributed by atoms with Gasteiger partial charge in [-0.2, -0.15) is 0 Å². The first-order valence-electron chi connectivity index (χ1n) is 2.36. The van der Waals surface area contributed by atoms with Crippen LogP contribution in [0.4, 0.5) is 0 Å². The maximum absolute atomic E-state index is 4.92. The van der Waals surface area contributed by atoms with E-state index in [4.69, 9.17) is 13.0 Å². The van der Waals surface area contributed by atoms with Crippen LogP contribution in [0.15, 0.2) is 0 Å². The van der Waals surface area contributed by atoms with Crippen molar-refractivity contribution in [2.75, 3.05) is 28.4 Å². The Morgan fingerprint density at radius 2 is 0.889 bits per heavy atom. The normalized spacial score (nSPS) is 12.0. The van der Waals surface area contributed by atoms with Gasteiger partial charge in [0.2, 0.25) is 0 Å². The van der Waals surface area contributed by atoms with Gasteiger partial charge in [0.25, 0.3) is 0 Å². The van der Waals surface area contributed by atoms with Crippen molar-refractivity contribution in [1.82, 2.24) is 0 Å². The van der Waals surface area contributed by atoms with Crippen molar-refractivity contribution in [3.63, 3.8) is 0 Å². The Hall–Kier alpha value is 0.580. The summed E-state index contributed by atoms with van der Waals surface area (Å²) in [6, 6.07) is 0. The molecule has 4 nitrogen and oxygen atoms in total. The van der Waals surface area contributed by atoms with Gasteiger partial charge < -0.3 is 0 Å². The van der Waals surface area contributed by atoms with E-state index in [2.05, 4.69) is 0 Å². The van der Waals surface area contributed by atoms with Crippen LogP contribution in [0.5, 0.6) is 0 Å². The monoisotopic (exact) mass is 217 g/mol. The van der Waals surface area contributed by atoms with E-state index < -0.39 is 18.7 Å². The van der Waals surface area contributed by atoms with Crippen LogP contribution in [-0.4, -0.2) is 28.4 Å². The molecule has 0 aromatic rings. The molecule has 57 valence electrons. The van der Waals surface area contributed by atoms with Crippen molar-refractivity contribution in [2.24, 2.45) is 0 Å². The quantitative estimate of drug-likeness (QED) is 0.638. The second-order valence-corrected chi connectivity index (χ2v) is 6.97. The van der Waals surface area contributed by atoms with Crippen molar-refractivity contribution in [3.05, 3.63) is 0 Å². The van der Waals surface area contributed by atoms with E-state index in [-0.39, 0.29) is 0 Å². The zero-order valence-corrected chi connectivity index (χ0v) is 8.28. The van der Waals surface area contributed by atoms with Crippen LogP contribution in [0.2, 0.25) is 0 Å². The molecule has 0 aliphatic carbocycles. The fourth-order valence-electron chi connectivity index (χ4n) is 0.447. The summed E-state index contributed by atoms with van der Waals surface area (Å²) in [5, 5.41) is 0. The molecule has 0 amide bonds. The Balaban J connectivity index is 3.82. The van der Waals surface area contributed by atoms with Gasteiger partial charge in [-0.1, -0.05) is 0 Å². The summed E-state index contributed by atoms with van der Waals surface area (Å²) in [5.74, 6) is 0. The van der Waals surface area contributed by atoms with Crippen LogP contribution in [0, 0.1) is 0 Å². The van der Waals surface area contributed by atoms with Crippen molar-refractivity contribution in [1.29, 1.82) is 0 Å². The molecule has 0 bridgehead atoms. The molecule has 0 rings (SSSR count). The van der Waals surface area contributed by atoms with Gasteiger partial charge in [-0.05, 0) is 0 Å². The van der Waals surface area contributed by atoms with Gasteiger partial charge in [0.05, 0.1) is 0 Å². The molecule has 0 fully saturated rings. The fourth-order valence-corrected chi connectivity index (χ4v) is 2.65. The van der Waals surface area contributed by atoms with Crippen LogP contribution < -0.4 is 0 Å². The molecular weight excluding hydrogens is 205 g/mol. The maximum atomic E-state index is 4.92. The van der Waals surface area contributed by atoms with Gasteiger partial charge >= 0.3 is 60.1 Å². The van der Waals surface area contributed by atoms with Crippen molar-refractivity contribution < 1.29 is 31.7 Å². The van der Waals surface area contributed by atoms with Crippen LogP contribution in [0.3, 0.4) is 0 Å². The predicted octanol–water partition coefficient (Wildman–Crippen LogP) is 0.386. The summed E-state index contributed by atoms with van der Waals surface area (Å²) < 4.78 is 19.7. The van der Waals surface area contributed by atoms with E-state index in [0.717, 1.165) is 0 Å². The standard InChI is InChI=1S/4CH3O.Nb/c4*1-2;/h4*1H3;/q4*-1;+4. The Morgan fingerprint density at radius 1 is 0.667 bits per heavy atom. The average molecular weight is 217 g/mol. The van der Waals surface area contributed by atoms with Gasteiger partial charge in [0.15, 0.2) is 0 Å². The summed E-state index contributed by atoms with van der Waals surface area (Å²) in [7, 11) is 6.06. The number of rotatable bonds is 4. The minimum atomic E-state index is -3.29. The van der Waals surface area contributed by atoms with E-state index in [9.17, 15) is 0 Å². The minimum absolute atomic E-state index is 1.52. The summed E-state index contributed by atoms with van der Waals surface area (Å²) in [4.78, 5) is 0. The Morgan fingerprint density at radius 3 is 0.889 bits per heavy atom. The Bertz CT molecular complexity index is 55.5. The van der Waals surface area contributed by atoms with E-state index >= 15 is 0 Å². The zero-order valence-electron chi connectivity index (χ0n) is 6.08. The molecule has 0 N–H and O–H groups in total. The molecule has 0 aromatic carbocycles. The molecule has 0 heterocycles. The molecule has 0 saturated heterocycles. The second-order valence-electron chi connectivity index (χ2n) is 1.18. The van der Waals surface area contributed by atoms with Crippen molar-refractivity contribution in [3.8, 4) is 0 Å². The van der Waals surface area contributed by atoms with Crippen molar-refractivity contribution >= 4 is 0 Å². The third-order valence-electron chi connectivity index (χ3n) is 0.894. The molecule has 0 atom stereocenters. The van der Waals surface area contributed by atoms with E-state index in [0.29, 0.717) is 0 Å². The SMILES string of the molecule is C[O][Nb]([O]C)([O]C)[O]C. The van der Waals surface area contributed by atoms with Crippen molar-refractivity contribution in [2.45, 2.75) is 0 Å². The van der Waals surface area contributed by atoms with Gasteiger partial charge in [-0.15, -0.1) is 0 Å². The van der Waals surface area contributed by atoms with Gasteiger partial charge in [-0.25, -0.2) is 0 Å². The van der Waals surface area contributed by atoms with Gasteiger partial charge in [0, 0.05) is 0 Å². The average Bonchev–Trinajstić information content (AvgIpc) is 1.95. The van der Waals surface area contributed by atoms with E-state index in [1.54, 1.807) is 0 Å². The molecule has 9 heavy (non-hydrogen) atoms. The zero-order chi connectivity index (χ0) is 7.33. The molecule has 0 aliphatic rings. The Kier molecular flexibility index (Phi) is 4.69. The topological polar surface area (TPSA) is 36.9 Å². The molecular formula is C4H12NbO4. The fraction of sp³-hybridized carbons (Fsp3) is 1.00. The van der Waals surface area contributed by atoms with E-state index in [1.165, 1.54) is 28.4 Å². The third-order valence-corrected chi connectivity index (χ3v) is 5.29. The number of hydrogen-bond acceptors (Lipinski definition) is 4. The summed E-state index contributed by atoms with van der Waals surface area (Å²) in [5.41, 5.74) is 0.